The lowest BCUT2D eigenvalue weighted by atomic mass is 9.95. The molecule has 5 nitrogen and oxygen atoms in total. The lowest BCUT2D eigenvalue weighted by Gasteiger charge is -2.28. The van der Waals surface area contributed by atoms with Crippen molar-refractivity contribution in [3.63, 3.8) is 0 Å². The van der Waals surface area contributed by atoms with Crippen LogP contribution in [0, 0.1) is 5.92 Å². The van der Waals surface area contributed by atoms with E-state index >= 15 is 0 Å². The van der Waals surface area contributed by atoms with Crippen LogP contribution < -0.4 is 19.7 Å². The molecule has 2 N–H and O–H groups in total. The summed E-state index contributed by atoms with van der Waals surface area (Å²) in [6.07, 6.45) is 1.77. The normalized spacial score (nSPS) is 21.4. The maximum absolute atomic E-state index is 12.6. The summed E-state index contributed by atoms with van der Waals surface area (Å²) in [7, 11) is 0. The number of carbonyl (C=O) groups is 1. The molecule has 2 aliphatic rings. The smallest absolute Gasteiger partial charge is 0.231 e. The Morgan fingerprint density at radius 1 is 1.12 bits per heavy atom. The third-order valence-corrected chi connectivity index (χ3v) is 5.47. The molecule has 0 unspecified atom stereocenters. The highest BCUT2D eigenvalue weighted by atomic mass is 35.5. The Balaban J connectivity index is 1.30. The zero-order chi connectivity index (χ0) is 17.9. The van der Waals surface area contributed by atoms with Crippen molar-refractivity contribution in [3.05, 3.63) is 53.1 Å². The van der Waals surface area contributed by atoms with Crippen molar-refractivity contribution in [2.45, 2.75) is 19.4 Å². The quantitative estimate of drug-likeness (QED) is 0.865. The highest BCUT2D eigenvalue weighted by molar-refractivity contribution is 6.31. The van der Waals surface area contributed by atoms with Gasteiger partial charge in [-0.25, -0.2) is 0 Å². The molecule has 26 heavy (non-hydrogen) atoms. The summed E-state index contributed by atoms with van der Waals surface area (Å²) in [5.41, 5.74) is 1.93. The van der Waals surface area contributed by atoms with Gasteiger partial charge in [-0.2, -0.15) is 0 Å². The third-order valence-electron chi connectivity index (χ3n) is 5.10. The fourth-order valence-electron chi connectivity index (χ4n) is 3.59. The van der Waals surface area contributed by atoms with E-state index in [9.17, 15) is 4.79 Å². The molecular weight excluding hydrogens is 352 g/mol. The van der Waals surface area contributed by atoms with Gasteiger partial charge in [-0.3, -0.25) is 4.79 Å². The molecule has 2 aromatic rings. The van der Waals surface area contributed by atoms with Gasteiger partial charge in [0.25, 0.3) is 0 Å². The number of ether oxygens (including phenoxy) is 2. The molecule has 2 aromatic carbocycles. The minimum absolute atomic E-state index is 0.0513. The van der Waals surface area contributed by atoms with Crippen molar-refractivity contribution >= 4 is 23.2 Å². The van der Waals surface area contributed by atoms with Crippen molar-refractivity contribution in [2.75, 3.05) is 25.2 Å². The molecular formula is C20H22ClN2O3+. The first kappa shape index (κ1) is 17.2. The molecule has 0 saturated carbocycles. The summed E-state index contributed by atoms with van der Waals surface area (Å²) in [6, 6.07) is 13.5. The van der Waals surface area contributed by atoms with Crippen molar-refractivity contribution in [2.24, 2.45) is 5.92 Å². The lowest BCUT2D eigenvalue weighted by Crippen LogP contribution is -3.11. The van der Waals surface area contributed by atoms with E-state index in [-0.39, 0.29) is 18.6 Å². The zero-order valence-corrected chi connectivity index (χ0v) is 15.2. The number of carbonyl (C=O) groups excluding carboxylic acids is 1. The highest BCUT2D eigenvalue weighted by Gasteiger charge is 2.28. The SMILES string of the molecule is O=C(Nc1ccc2c(c1)OCO2)C1CC[NH+](Cc2ccccc2Cl)CC1. The van der Waals surface area contributed by atoms with Gasteiger partial charge in [-0.15, -0.1) is 0 Å². The molecule has 2 heterocycles. The minimum atomic E-state index is 0.0513. The van der Waals surface area contributed by atoms with Crippen molar-refractivity contribution in [3.8, 4) is 11.5 Å². The monoisotopic (exact) mass is 373 g/mol. The number of anilines is 1. The van der Waals surface area contributed by atoms with Crippen LogP contribution in [0.1, 0.15) is 18.4 Å². The molecule has 1 amide bonds. The Morgan fingerprint density at radius 2 is 1.88 bits per heavy atom. The molecule has 2 aliphatic heterocycles. The van der Waals surface area contributed by atoms with Gasteiger partial charge >= 0.3 is 0 Å². The molecule has 0 bridgehead atoms. The van der Waals surface area contributed by atoms with Crippen molar-refractivity contribution in [1.82, 2.24) is 0 Å². The number of hydrogen-bond donors (Lipinski definition) is 2. The van der Waals surface area contributed by atoms with Crippen LogP contribution >= 0.6 is 11.6 Å². The summed E-state index contributed by atoms with van der Waals surface area (Å²) in [4.78, 5) is 14.1. The summed E-state index contributed by atoms with van der Waals surface area (Å²) >= 11 is 6.26. The van der Waals surface area contributed by atoms with Crippen LogP contribution in [0.3, 0.4) is 0 Å². The maximum atomic E-state index is 12.6. The number of nitrogens with one attached hydrogen (secondary N) is 2. The van der Waals surface area contributed by atoms with E-state index in [0.717, 1.165) is 48.9 Å². The van der Waals surface area contributed by atoms with Crippen LogP contribution in [0.25, 0.3) is 0 Å². The summed E-state index contributed by atoms with van der Waals surface area (Å²) in [5.74, 6) is 1.54. The second kappa shape index (κ2) is 7.56. The number of likely N-dealkylation sites (tertiary alicyclic amines) is 1. The van der Waals surface area contributed by atoms with Crippen molar-refractivity contribution in [1.29, 1.82) is 0 Å². The molecule has 136 valence electrons. The van der Waals surface area contributed by atoms with E-state index in [4.69, 9.17) is 21.1 Å². The third kappa shape index (κ3) is 3.79. The van der Waals surface area contributed by atoms with Gasteiger partial charge in [0.05, 0.1) is 13.1 Å². The molecule has 0 atom stereocenters. The lowest BCUT2D eigenvalue weighted by molar-refractivity contribution is -0.919. The number of hydrogen-bond acceptors (Lipinski definition) is 3. The van der Waals surface area contributed by atoms with Gasteiger partial charge in [-0.05, 0) is 18.2 Å². The average molecular weight is 374 g/mol. The van der Waals surface area contributed by atoms with E-state index in [1.165, 1.54) is 10.5 Å². The Hall–Kier alpha value is -2.24. The highest BCUT2D eigenvalue weighted by Crippen LogP contribution is 2.34. The molecule has 1 saturated heterocycles. The number of amides is 1. The predicted octanol–water partition coefficient (Wildman–Crippen LogP) is 2.50. The number of benzene rings is 2. The number of fused-ring (bicyclic) bond motifs is 1. The Bertz CT molecular complexity index is 803. The molecule has 1 fully saturated rings. The molecule has 0 aromatic heterocycles. The Kier molecular flexibility index (Phi) is 5.00. The van der Waals surface area contributed by atoms with Gasteiger partial charge in [0.1, 0.15) is 6.54 Å². The molecule has 0 spiro atoms. The topological polar surface area (TPSA) is 52.0 Å². The van der Waals surface area contributed by atoms with Gasteiger partial charge in [0.2, 0.25) is 12.7 Å². The van der Waals surface area contributed by atoms with Crippen LogP contribution in [-0.2, 0) is 11.3 Å². The largest absolute Gasteiger partial charge is 0.454 e. The van der Waals surface area contributed by atoms with Gasteiger partial charge < -0.3 is 19.7 Å². The van der Waals surface area contributed by atoms with Crippen LogP contribution in [0.15, 0.2) is 42.5 Å². The average Bonchev–Trinajstić information content (AvgIpc) is 3.12. The van der Waals surface area contributed by atoms with Crippen molar-refractivity contribution < 1.29 is 19.2 Å². The van der Waals surface area contributed by atoms with Crippen LogP contribution in [0.2, 0.25) is 5.02 Å². The summed E-state index contributed by atoms with van der Waals surface area (Å²) in [5, 5.41) is 3.83. The number of quaternary nitrogens is 1. The standard InChI is InChI=1S/C20H21ClN2O3/c21-17-4-2-1-3-15(17)12-23-9-7-14(8-10-23)20(24)22-16-5-6-18-19(11-16)26-13-25-18/h1-6,11,14H,7-10,12-13H2,(H,22,24)/p+1. The first-order chi connectivity index (χ1) is 12.7. The Morgan fingerprint density at radius 3 is 2.69 bits per heavy atom. The fourth-order valence-corrected chi connectivity index (χ4v) is 3.80. The molecule has 4 rings (SSSR count). The number of piperidine rings is 1. The second-order valence-electron chi connectivity index (χ2n) is 6.85. The van der Waals surface area contributed by atoms with Crippen LogP contribution in [0.4, 0.5) is 5.69 Å². The summed E-state index contributed by atoms with van der Waals surface area (Å²) in [6.45, 7) is 3.10. The number of halogens is 1. The van der Waals surface area contributed by atoms with E-state index in [1.54, 1.807) is 0 Å². The first-order valence-corrected chi connectivity index (χ1v) is 9.34. The van der Waals surface area contributed by atoms with Gasteiger partial charge in [0.15, 0.2) is 11.5 Å². The molecule has 0 radical (unpaired) electrons. The minimum Gasteiger partial charge on any atom is -0.454 e. The van der Waals surface area contributed by atoms with Crippen LogP contribution in [-0.4, -0.2) is 25.8 Å². The molecule has 6 heteroatoms. The van der Waals surface area contributed by atoms with E-state index in [2.05, 4.69) is 11.4 Å². The van der Waals surface area contributed by atoms with Gasteiger partial charge in [-0.1, -0.05) is 29.8 Å². The van der Waals surface area contributed by atoms with E-state index in [0.29, 0.717) is 5.75 Å². The second-order valence-corrected chi connectivity index (χ2v) is 7.26. The summed E-state index contributed by atoms with van der Waals surface area (Å²) < 4.78 is 10.7. The fraction of sp³-hybridized carbons (Fsp3) is 0.350. The van der Waals surface area contributed by atoms with Crippen LogP contribution in [0.5, 0.6) is 11.5 Å². The molecule has 0 aliphatic carbocycles. The predicted molar refractivity (Wildman–Crippen MR) is 99.8 cm³/mol. The zero-order valence-electron chi connectivity index (χ0n) is 14.5. The van der Waals surface area contributed by atoms with E-state index in [1.807, 2.05) is 36.4 Å². The van der Waals surface area contributed by atoms with Gasteiger partial charge in [0, 0.05) is 41.1 Å². The number of rotatable bonds is 4. The first-order valence-electron chi connectivity index (χ1n) is 8.96. The Labute approximate surface area is 157 Å². The van der Waals surface area contributed by atoms with E-state index < -0.39 is 0 Å². The maximum Gasteiger partial charge on any atom is 0.231 e.